The fraction of sp³-hybridized carbons (Fsp3) is 0.333. The summed E-state index contributed by atoms with van der Waals surface area (Å²) in [5.74, 6) is -1.25. The molecule has 1 heterocycles. The Morgan fingerprint density at radius 1 is 1.50 bits per heavy atom. The molecule has 14 heavy (non-hydrogen) atoms. The molecule has 5 heteroatoms. The van der Waals surface area contributed by atoms with Crippen LogP contribution in [0.2, 0.25) is 0 Å². The summed E-state index contributed by atoms with van der Waals surface area (Å²) in [6.07, 6.45) is 0. The lowest BCUT2D eigenvalue weighted by atomic mass is 10.4. The van der Waals surface area contributed by atoms with Gasteiger partial charge in [0.25, 0.3) is 5.91 Å². The van der Waals surface area contributed by atoms with E-state index in [1.807, 2.05) is 13.0 Å². The summed E-state index contributed by atoms with van der Waals surface area (Å²) in [5, 5.41) is 8.49. The molecule has 4 nitrogen and oxygen atoms in total. The van der Waals surface area contributed by atoms with E-state index in [0.29, 0.717) is 4.88 Å². The van der Waals surface area contributed by atoms with Gasteiger partial charge in [-0.2, -0.15) is 0 Å². The monoisotopic (exact) mass is 213 g/mol. The Balaban J connectivity index is 2.70. The number of carbonyl (C=O) groups excluding carboxylic acids is 1. The van der Waals surface area contributed by atoms with Crippen LogP contribution in [0.1, 0.15) is 14.5 Å². The number of likely N-dealkylation sites (N-methyl/N-ethyl adjacent to an activating group) is 1. The highest BCUT2D eigenvalue weighted by atomic mass is 32.1. The molecule has 0 aliphatic rings. The van der Waals surface area contributed by atoms with Gasteiger partial charge in [0.05, 0.1) is 4.88 Å². The van der Waals surface area contributed by atoms with Crippen LogP contribution < -0.4 is 0 Å². The number of carboxylic acid groups (broad SMARTS) is 1. The minimum Gasteiger partial charge on any atom is -0.480 e. The summed E-state index contributed by atoms with van der Waals surface area (Å²) in [6.45, 7) is 1.63. The van der Waals surface area contributed by atoms with Gasteiger partial charge >= 0.3 is 5.97 Å². The Labute approximate surface area is 85.8 Å². The van der Waals surface area contributed by atoms with Gasteiger partial charge in [0.1, 0.15) is 6.54 Å². The van der Waals surface area contributed by atoms with E-state index < -0.39 is 5.97 Å². The van der Waals surface area contributed by atoms with Crippen molar-refractivity contribution in [3.63, 3.8) is 0 Å². The van der Waals surface area contributed by atoms with Gasteiger partial charge in [0, 0.05) is 11.9 Å². The number of nitrogens with zero attached hydrogens (tertiary/aromatic N) is 1. The molecule has 0 unspecified atom stereocenters. The lowest BCUT2D eigenvalue weighted by molar-refractivity contribution is -0.137. The van der Waals surface area contributed by atoms with Crippen molar-refractivity contribution in [3.8, 4) is 0 Å². The highest BCUT2D eigenvalue weighted by Gasteiger charge is 2.15. The standard InChI is InChI=1S/C9H11NO3S/c1-6-3-4-7(14-6)9(13)10(2)5-8(11)12/h3-4H,5H2,1-2H3,(H,11,12). The van der Waals surface area contributed by atoms with Crippen molar-refractivity contribution in [2.45, 2.75) is 6.92 Å². The Hall–Kier alpha value is -1.36. The van der Waals surface area contributed by atoms with E-state index >= 15 is 0 Å². The molecule has 0 radical (unpaired) electrons. The molecular weight excluding hydrogens is 202 g/mol. The molecule has 1 N–H and O–H groups in total. The van der Waals surface area contributed by atoms with Gasteiger partial charge < -0.3 is 10.0 Å². The number of aryl methyl sites for hydroxylation is 1. The van der Waals surface area contributed by atoms with Crippen LogP contribution in [-0.4, -0.2) is 35.5 Å². The average molecular weight is 213 g/mol. The number of amides is 1. The van der Waals surface area contributed by atoms with E-state index in [-0.39, 0.29) is 12.5 Å². The average Bonchev–Trinajstić information content (AvgIpc) is 2.49. The number of carboxylic acids is 1. The Kier molecular flexibility index (Phi) is 3.24. The van der Waals surface area contributed by atoms with Crippen LogP contribution in [0.25, 0.3) is 0 Å². The number of aliphatic carboxylic acids is 1. The largest absolute Gasteiger partial charge is 0.480 e. The lowest BCUT2D eigenvalue weighted by Crippen LogP contribution is -2.31. The first-order valence-electron chi connectivity index (χ1n) is 4.04. The predicted molar refractivity (Wildman–Crippen MR) is 53.7 cm³/mol. The topological polar surface area (TPSA) is 57.6 Å². The van der Waals surface area contributed by atoms with E-state index in [2.05, 4.69) is 0 Å². The highest BCUT2D eigenvalue weighted by Crippen LogP contribution is 2.16. The van der Waals surface area contributed by atoms with Crippen LogP contribution >= 0.6 is 11.3 Å². The number of thiophene rings is 1. The lowest BCUT2D eigenvalue weighted by Gasteiger charge is -2.12. The maximum Gasteiger partial charge on any atom is 0.323 e. The second kappa shape index (κ2) is 4.23. The van der Waals surface area contributed by atoms with E-state index in [1.165, 1.54) is 23.3 Å². The van der Waals surface area contributed by atoms with Crippen molar-refractivity contribution in [3.05, 3.63) is 21.9 Å². The number of hydrogen-bond donors (Lipinski definition) is 1. The smallest absolute Gasteiger partial charge is 0.323 e. The van der Waals surface area contributed by atoms with Gasteiger partial charge in [0.2, 0.25) is 0 Å². The van der Waals surface area contributed by atoms with Gasteiger partial charge in [-0.15, -0.1) is 11.3 Å². The molecule has 1 rings (SSSR count). The Morgan fingerprint density at radius 3 is 2.57 bits per heavy atom. The van der Waals surface area contributed by atoms with Crippen molar-refractivity contribution in [2.24, 2.45) is 0 Å². The molecule has 0 aliphatic heterocycles. The zero-order valence-electron chi connectivity index (χ0n) is 7.98. The maximum absolute atomic E-state index is 11.6. The van der Waals surface area contributed by atoms with Crippen molar-refractivity contribution < 1.29 is 14.7 Å². The summed E-state index contributed by atoms with van der Waals surface area (Å²) in [6, 6.07) is 3.55. The molecule has 0 atom stereocenters. The van der Waals surface area contributed by atoms with Gasteiger partial charge in [-0.05, 0) is 19.1 Å². The molecule has 1 amide bonds. The van der Waals surface area contributed by atoms with Crippen molar-refractivity contribution >= 4 is 23.2 Å². The Morgan fingerprint density at radius 2 is 2.14 bits per heavy atom. The van der Waals surface area contributed by atoms with E-state index in [1.54, 1.807) is 6.07 Å². The predicted octanol–water partition coefficient (Wildman–Crippen LogP) is 1.21. The second-order valence-electron chi connectivity index (χ2n) is 2.97. The zero-order valence-corrected chi connectivity index (χ0v) is 8.80. The van der Waals surface area contributed by atoms with Gasteiger partial charge in [-0.1, -0.05) is 0 Å². The minimum absolute atomic E-state index is 0.245. The van der Waals surface area contributed by atoms with Crippen molar-refractivity contribution in [1.29, 1.82) is 0 Å². The van der Waals surface area contributed by atoms with Crippen LogP contribution in [0.3, 0.4) is 0 Å². The SMILES string of the molecule is Cc1ccc(C(=O)N(C)CC(=O)O)s1. The molecule has 1 aromatic heterocycles. The molecule has 0 aromatic carbocycles. The molecular formula is C9H11NO3S. The quantitative estimate of drug-likeness (QED) is 0.821. The van der Waals surface area contributed by atoms with Crippen LogP contribution in [-0.2, 0) is 4.79 Å². The van der Waals surface area contributed by atoms with Crippen molar-refractivity contribution in [1.82, 2.24) is 4.90 Å². The Bertz CT molecular complexity index is 359. The highest BCUT2D eigenvalue weighted by molar-refractivity contribution is 7.13. The molecule has 76 valence electrons. The maximum atomic E-state index is 11.6. The first-order chi connectivity index (χ1) is 6.50. The van der Waals surface area contributed by atoms with E-state index in [9.17, 15) is 9.59 Å². The summed E-state index contributed by atoms with van der Waals surface area (Å²) < 4.78 is 0. The second-order valence-corrected chi connectivity index (χ2v) is 4.25. The zero-order chi connectivity index (χ0) is 10.7. The molecule has 0 saturated heterocycles. The summed E-state index contributed by atoms with van der Waals surface area (Å²) >= 11 is 1.37. The molecule has 0 bridgehead atoms. The number of rotatable bonds is 3. The first-order valence-corrected chi connectivity index (χ1v) is 4.86. The molecule has 0 saturated carbocycles. The third-order valence-electron chi connectivity index (χ3n) is 1.67. The fourth-order valence-electron chi connectivity index (χ4n) is 1.01. The number of carbonyl (C=O) groups is 2. The first kappa shape index (κ1) is 10.7. The van der Waals surface area contributed by atoms with Crippen LogP contribution in [0, 0.1) is 6.92 Å². The number of hydrogen-bond acceptors (Lipinski definition) is 3. The molecule has 0 aliphatic carbocycles. The third-order valence-corrected chi connectivity index (χ3v) is 2.66. The molecule has 0 spiro atoms. The summed E-state index contributed by atoms with van der Waals surface area (Å²) in [7, 11) is 1.48. The van der Waals surface area contributed by atoms with E-state index in [4.69, 9.17) is 5.11 Å². The van der Waals surface area contributed by atoms with Gasteiger partial charge in [-0.3, -0.25) is 9.59 Å². The van der Waals surface area contributed by atoms with Gasteiger partial charge in [-0.25, -0.2) is 0 Å². The molecule has 0 fully saturated rings. The normalized spacial score (nSPS) is 9.86. The van der Waals surface area contributed by atoms with E-state index in [0.717, 1.165) is 4.88 Å². The third kappa shape index (κ3) is 2.56. The van der Waals surface area contributed by atoms with Crippen LogP contribution in [0.4, 0.5) is 0 Å². The fourth-order valence-corrected chi connectivity index (χ4v) is 1.87. The van der Waals surface area contributed by atoms with Gasteiger partial charge in [0.15, 0.2) is 0 Å². The minimum atomic E-state index is -1.01. The molecule has 1 aromatic rings. The van der Waals surface area contributed by atoms with Crippen molar-refractivity contribution in [2.75, 3.05) is 13.6 Å². The summed E-state index contributed by atoms with van der Waals surface area (Å²) in [5.41, 5.74) is 0. The van der Waals surface area contributed by atoms with Crippen LogP contribution in [0.5, 0.6) is 0 Å². The van der Waals surface area contributed by atoms with Crippen LogP contribution in [0.15, 0.2) is 12.1 Å². The summed E-state index contributed by atoms with van der Waals surface area (Å²) in [4.78, 5) is 24.7.